The summed E-state index contributed by atoms with van der Waals surface area (Å²) in [6, 6.07) is 19.4. The Morgan fingerprint density at radius 3 is 2.90 bits per heavy atom. The van der Waals surface area contributed by atoms with Crippen molar-refractivity contribution in [2.24, 2.45) is 0 Å². The predicted molar refractivity (Wildman–Crippen MR) is 80.2 cm³/mol. The molecule has 1 N–H and O–H groups in total. The van der Waals surface area contributed by atoms with Gasteiger partial charge in [-0.3, -0.25) is 0 Å². The SMILES string of the molecule is CC(NC1CCc2ccccc21)c1cccc(C#N)c1. The predicted octanol–water partition coefficient (Wildman–Crippen LogP) is 3.90. The van der Waals surface area contributed by atoms with Crippen LogP contribution < -0.4 is 5.32 Å². The van der Waals surface area contributed by atoms with E-state index in [-0.39, 0.29) is 6.04 Å². The third-order valence-corrected chi connectivity index (χ3v) is 4.10. The van der Waals surface area contributed by atoms with Gasteiger partial charge in [0.2, 0.25) is 0 Å². The number of fused-ring (bicyclic) bond motifs is 1. The minimum Gasteiger partial charge on any atom is -0.303 e. The van der Waals surface area contributed by atoms with Crippen molar-refractivity contribution >= 4 is 0 Å². The second-order valence-electron chi connectivity index (χ2n) is 5.42. The Morgan fingerprint density at radius 1 is 1.20 bits per heavy atom. The third-order valence-electron chi connectivity index (χ3n) is 4.10. The van der Waals surface area contributed by atoms with Gasteiger partial charge in [-0.2, -0.15) is 5.26 Å². The fourth-order valence-corrected chi connectivity index (χ4v) is 3.01. The zero-order chi connectivity index (χ0) is 13.9. The number of rotatable bonds is 3. The Hall–Kier alpha value is -2.11. The first-order chi connectivity index (χ1) is 9.78. The van der Waals surface area contributed by atoms with Gasteiger partial charge in [-0.15, -0.1) is 0 Å². The highest BCUT2D eigenvalue weighted by molar-refractivity contribution is 5.36. The number of hydrogen-bond donors (Lipinski definition) is 1. The number of nitriles is 1. The van der Waals surface area contributed by atoms with E-state index in [9.17, 15) is 0 Å². The van der Waals surface area contributed by atoms with Crippen LogP contribution in [0.5, 0.6) is 0 Å². The molecule has 0 aliphatic heterocycles. The van der Waals surface area contributed by atoms with Crippen LogP contribution in [0.25, 0.3) is 0 Å². The Balaban J connectivity index is 1.77. The number of hydrogen-bond acceptors (Lipinski definition) is 2. The standard InChI is InChI=1S/C18H18N2/c1-13(16-7-4-5-14(11-16)12-19)20-18-10-9-15-6-2-3-8-17(15)18/h2-8,11,13,18,20H,9-10H2,1H3. The summed E-state index contributed by atoms with van der Waals surface area (Å²) in [5, 5.41) is 12.7. The van der Waals surface area contributed by atoms with Crippen molar-refractivity contribution in [2.45, 2.75) is 31.8 Å². The molecule has 2 aromatic carbocycles. The molecular weight excluding hydrogens is 244 g/mol. The first-order valence-electron chi connectivity index (χ1n) is 7.12. The molecule has 0 saturated heterocycles. The molecule has 100 valence electrons. The van der Waals surface area contributed by atoms with E-state index >= 15 is 0 Å². The molecule has 0 aromatic heterocycles. The number of nitrogens with one attached hydrogen (secondary N) is 1. The van der Waals surface area contributed by atoms with E-state index in [1.807, 2.05) is 18.2 Å². The molecule has 1 aliphatic rings. The van der Waals surface area contributed by atoms with E-state index < -0.39 is 0 Å². The summed E-state index contributed by atoms with van der Waals surface area (Å²) >= 11 is 0. The van der Waals surface area contributed by atoms with Crippen molar-refractivity contribution in [3.63, 3.8) is 0 Å². The maximum absolute atomic E-state index is 8.99. The van der Waals surface area contributed by atoms with Crippen LogP contribution in [0.2, 0.25) is 0 Å². The van der Waals surface area contributed by atoms with Crippen LogP contribution in [0, 0.1) is 11.3 Å². The van der Waals surface area contributed by atoms with Crippen molar-refractivity contribution < 1.29 is 0 Å². The second-order valence-corrected chi connectivity index (χ2v) is 5.42. The van der Waals surface area contributed by atoms with Gasteiger partial charge in [0, 0.05) is 12.1 Å². The van der Waals surface area contributed by atoms with Gasteiger partial charge in [-0.05, 0) is 48.6 Å². The largest absolute Gasteiger partial charge is 0.303 e. The molecule has 0 saturated carbocycles. The van der Waals surface area contributed by atoms with Gasteiger partial charge < -0.3 is 5.32 Å². The summed E-state index contributed by atoms with van der Waals surface area (Å²) in [6.07, 6.45) is 2.31. The Kier molecular flexibility index (Phi) is 3.54. The topological polar surface area (TPSA) is 35.8 Å². The van der Waals surface area contributed by atoms with Crippen LogP contribution in [-0.4, -0.2) is 0 Å². The fourth-order valence-electron chi connectivity index (χ4n) is 3.01. The van der Waals surface area contributed by atoms with Crippen molar-refractivity contribution in [3.05, 3.63) is 70.8 Å². The van der Waals surface area contributed by atoms with Crippen LogP contribution in [0.1, 0.15) is 47.7 Å². The van der Waals surface area contributed by atoms with Crippen molar-refractivity contribution in [2.75, 3.05) is 0 Å². The van der Waals surface area contributed by atoms with Gasteiger partial charge >= 0.3 is 0 Å². The minimum absolute atomic E-state index is 0.249. The lowest BCUT2D eigenvalue weighted by Crippen LogP contribution is -2.23. The summed E-state index contributed by atoms with van der Waals surface area (Å²) in [6.45, 7) is 2.16. The Bertz CT molecular complexity index is 654. The molecule has 2 aromatic rings. The number of benzene rings is 2. The summed E-state index contributed by atoms with van der Waals surface area (Å²) in [5.41, 5.74) is 4.79. The fraction of sp³-hybridized carbons (Fsp3) is 0.278. The van der Waals surface area contributed by atoms with E-state index in [0.29, 0.717) is 6.04 Å². The first-order valence-corrected chi connectivity index (χ1v) is 7.12. The molecule has 2 nitrogen and oxygen atoms in total. The first kappa shape index (κ1) is 12.9. The lowest BCUT2D eigenvalue weighted by Gasteiger charge is -2.21. The highest BCUT2D eigenvalue weighted by atomic mass is 14.9. The van der Waals surface area contributed by atoms with Crippen molar-refractivity contribution in [3.8, 4) is 6.07 Å². The number of nitrogens with zero attached hydrogens (tertiary/aromatic N) is 1. The zero-order valence-electron chi connectivity index (χ0n) is 11.6. The smallest absolute Gasteiger partial charge is 0.0991 e. The minimum atomic E-state index is 0.249. The summed E-state index contributed by atoms with van der Waals surface area (Å²) in [7, 11) is 0. The highest BCUT2D eigenvalue weighted by Gasteiger charge is 2.23. The van der Waals surface area contributed by atoms with Crippen LogP contribution in [0.15, 0.2) is 48.5 Å². The Morgan fingerprint density at radius 2 is 2.05 bits per heavy atom. The van der Waals surface area contributed by atoms with Gasteiger partial charge in [0.15, 0.2) is 0 Å². The molecule has 0 spiro atoms. The molecule has 0 heterocycles. The van der Waals surface area contributed by atoms with Crippen molar-refractivity contribution in [1.82, 2.24) is 5.32 Å². The molecule has 2 unspecified atom stereocenters. The lowest BCUT2D eigenvalue weighted by molar-refractivity contribution is 0.465. The zero-order valence-corrected chi connectivity index (χ0v) is 11.6. The van der Waals surface area contributed by atoms with Gasteiger partial charge in [0.05, 0.1) is 11.6 Å². The maximum atomic E-state index is 8.99. The van der Waals surface area contributed by atoms with Crippen molar-refractivity contribution in [1.29, 1.82) is 5.26 Å². The quantitative estimate of drug-likeness (QED) is 0.910. The molecule has 1 aliphatic carbocycles. The molecule has 20 heavy (non-hydrogen) atoms. The van der Waals surface area contributed by atoms with Crippen LogP contribution >= 0.6 is 0 Å². The average molecular weight is 262 g/mol. The average Bonchev–Trinajstić information content (AvgIpc) is 2.90. The van der Waals surface area contributed by atoms with Crippen LogP contribution in [0.3, 0.4) is 0 Å². The van der Waals surface area contributed by atoms with E-state index in [1.54, 1.807) is 0 Å². The monoisotopic (exact) mass is 262 g/mol. The lowest BCUT2D eigenvalue weighted by atomic mass is 10.0. The summed E-state index contributed by atoms with van der Waals surface area (Å²) < 4.78 is 0. The van der Waals surface area contributed by atoms with E-state index in [1.165, 1.54) is 16.7 Å². The normalized spacial score (nSPS) is 18.3. The van der Waals surface area contributed by atoms with Gasteiger partial charge in [-0.1, -0.05) is 36.4 Å². The third kappa shape index (κ3) is 2.45. The molecule has 0 fully saturated rings. The summed E-state index contributed by atoms with van der Waals surface area (Å²) in [4.78, 5) is 0. The molecule has 0 amide bonds. The van der Waals surface area contributed by atoms with Gasteiger partial charge in [0.25, 0.3) is 0 Å². The molecule has 0 radical (unpaired) electrons. The molecule has 2 heteroatoms. The molecule has 0 bridgehead atoms. The molecule has 2 atom stereocenters. The molecule has 3 rings (SSSR count). The number of aryl methyl sites for hydroxylation is 1. The van der Waals surface area contributed by atoms with E-state index in [0.717, 1.165) is 18.4 Å². The Labute approximate surface area is 120 Å². The van der Waals surface area contributed by atoms with Gasteiger partial charge in [-0.25, -0.2) is 0 Å². The summed E-state index contributed by atoms with van der Waals surface area (Å²) in [5.74, 6) is 0. The maximum Gasteiger partial charge on any atom is 0.0991 e. The van der Waals surface area contributed by atoms with Crippen LogP contribution in [0.4, 0.5) is 0 Å². The highest BCUT2D eigenvalue weighted by Crippen LogP contribution is 2.32. The van der Waals surface area contributed by atoms with Gasteiger partial charge in [0.1, 0.15) is 0 Å². The molecular formula is C18H18N2. The van der Waals surface area contributed by atoms with E-state index in [4.69, 9.17) is 5.26 Å². The van der Waals surface area contributed by atoms with E-state index in [2.05, 4.69) is 48.6 Å². The van der Waals surface area contributed by atoms with Crippen LogP contribution in [-0.2, 0) is 6.42 Å². The second kappa shape index (κ2) is 5.48.